The molecule has 2 rings (SSSR count). The lowest BCUT2D eigenvalue weighted by atomic mass is 10.2. The van der Waals surface area contributed by atoms with Gasteiger partial charge in [0.2, 0.25) is 0 Å². The number of aliphatic hydroxyl groups is 1. The van der Waals surface area contributed by atoms with Gasteiger partial charge in [0.25, 0.3) is 5.91 Å². The molecule has 1 unspecified atom stereocenters. The molecule has 0 aliphatic heterocycles. The molecule has 3 N–H and O–H groups in total. The van der Waals surface area contributed by atoms with E-state index in [1.165, 1.54) is 16.2 Å². The molecule has 6 heteroatoms. The summed E-state index contributed by atoms with van der Waals surface area (Å²) >= 11 is 1.34. The number of fused-ring (bicyclic) bond motifs is 1. The standard InChI is InChI=1S/C14H18N2O3S/c1-8(17)7-16(2)14(18)13-12(15)11-9(19-3)5-4-6-10(11)20-13/h4-6,8,17H,7,15H2,1-3H3. The van der Waals surface area contributed by atoms with E-state index in [1.54, 1.807) is 21.1 Å². The normalized spacial score (nSPS) is 12.4. The van der Waals surface area contributed by atoms with Crippen molar-refractivity contribution >= 4 is 33.0 Å². The molecular weight excluding hydrogens is 276 g/mol. The molecule has 1 amide bonds. The Morgan fingerprint density at radius 2 is 2.25 bits per heavy atom. The number of aliphatic hydroxyl groups excluding tert-OH is 1. The molecule has 108 valence electrons. The summed E-state index contributed by atoms with van der Waals surface area (Å²) in [7, 11) is 3.23. The molecule has 0 saturated carbocycles. The van der Waals surface area contributed by atoms with Crippen molar-refractivity contribution in [2.24, 2.45) is 0 Å². The number of hydrogen-bond donors (Lipinski definition) is 2. The van der Waals surface area contributed by atoms with Crippen LogP contribution in [0.2, 0.25) is 0 Å². The van der Waals surface area contributed by atoms with E-state index in [9.17, 15) is 9.90 Å². The molecule has 1 heterocycles. The van der Waals surface area contributed by atoms with Crippen molar-refractivity contribution in [3.63, 3.8) is 0 Å². The van der Waals surface area contributed by atoms with Gasteiger partial charge in [-0.3, -0.25) is 4.79 Å². The van der Waals surface area contributed by atoms with E-state index in [1.807, 2.05) is 18.2 Å². The Bertz CT molecular complexity index is 637. The van der Waals surface area contributed by atoms with Crippen LogP contribution < -0.4 is 10.5 Å². The van der Waals surface area contributed by atoms with Gasteiger partial charge in [0.1, 0.15) is 10.6 Å². The molecule has 5 nitrogen and oxygen atoms in total. The van der Waals surface area contributed by atoms with Crippen molar-refractivity contribution in [3.8, 4) is 5.75 Å². The van der Waals surface area contributed by atoms with E-state index in [0.717, 1.165) is 10.1 Å². The number of nitrogens with two attached hydrogens (primary N) is 1. The Morgan fingerprint density at radius 1 is 1.55 bits per heavy atom. The molecule has 0 aliphatic rings. The highest BCUT2D eigenvalue weighted by molar-refractivity contribution is 7.21. The minimum absolute atomic E-state index is 0.188. The average molecular weight is 294 g/mol. The van der Waals surface area contributed by atoms with Crippen molar-refractivity contribution in [3.05, 3.63) is 23.1 Å². The van der Waals surface area contributed by atoms with Crippen molar-refractivity contribution in [1.82, 2.24) is 4.90 Å². The number of carbonyl (C=O) groups excluding carboxylic acids is 1. The van der Waals surface area contributed by atoms with E-state index in [-0.39, 0.29) is 12.5 Å². The predicted molar refractivity (Wildman–Crippen MR) is 81.4 cm³/mol. The fourth-order valence-electron chi connectivity index (χ4n) is 2.12. The summed E-state index contributed by atoms with van der Waals surface area (Å²) in [6, 6.07) is 5.59. The number of methoxy groups -OCH3 is 1. The van der Waals surface area contributed by atoms with Gasteiger partial charge in [-0.05, 0) is 19.1 Å². The molecule has 0 spiro atoms. The van der Waals surface area contributed by atoms with Gasteiger partial charge in [-0.1, -0.05) is 6.07 Å². The van der Waals surface area contributed by atoms with Gasteiger partial charge < -0.3 is 20.5 Å². The van der Waals surface area contributed by atoms with Crippen molar-refractivity contribution in [2.75, 3.05) is 26.4 Å². The highest BCUT2D eigenvalue weighted by atomic mass is 32.1. The lowest BCUT2D eigenvalue weighted by Gasteiger charge is -2.18. The number of ether oxygens (including phenoxy) is 1. The van der Waals surface area contributed by atoms with Crippen LogP contribution in [0.25, 0.3) is 10.1 Å². The van der Waals surface area contributed by atoms with E-state index in [2.05, 4.69) is 0 Å². The first-order valence-electron chi connectivity index (χ1n) is 6.24. The SMILES string of the molecule is COc1cccc2sc(C(=O)N(C)CC(C)O)c(N)c12. The molecule has 0 aliphatic carbocycles. The second-order valence-electron chi connectivity index (χ2n) is 4.71. The second kappa shape index (κ2) is 5.68. The predicted octanol–water partition coefficient (Wildman–Crippen LogP) is 1.94. The summed E-state index contributed by atoms with van der Waals surface area (Å²) < 4.78 is 6.20. The van der Waals surface area contributed by atoms with Crippen LogP contribution in [0.15, 0.2) is 18.2 Å². The zero-order valence-electron chi connectivity index (χ0n) is 11.7. The highest BCUT2D eigenvalue weighted by Crippen LogP contribution is 2.39. The maximum Gasteiger partial charge on any atom is 0.265 e. The molecule has 0 bridgehead atoms. The molecule has 1 atom stereocenters. The lowest BCUT2D eigenvalue weighted by molar-refractivity contribution is 0.0709. The number of carbonyl (C=O) groups is 1. The van der Waals surface area contributed by atoms with Crippen molar-refractivity contribution in [2.45, 2.75) is 13.0 Å². The molecule has 0 fully saturated rings. The molecule has 1 aromatic carbocycles. The number of rotatable bonds is 4. The first kappa shape index (κ1) is 14.6. The summed E-state index contributed by atoms with van der Waals surface area (Å²) in [5.74, 6) is 0.472. The van der Waals surface area contributed by atoms with E-state index < -0.39 is 6.10 Å². The zero-order chi connectivity index (χ0) is 14.9. The second-order valence-corrected chi connectivity index (χ2v) is 5.77. The quantitative estimate of drug-likeness (QED) is 0.903. The van der Waals surface area contributed by atoms with Crippen LogP contribution in [0.3, 0.4) is 0 Å². The summed E-state index contributed by atoms with van der Waals surface area (Å²) in [6.07, 6.45) is -0.575. The van der Waals surface area contributed by atoms with Crippen LogP contribution in [-0.4, -0.2) is 42.7 Å². The first-order valence-corrected chi connectivity index (χ1v) is 7.05. The fourth-order valence-corrected chi connectivity index (χ4v) is 3.26. The van der Waals surface area contributed by atoms with Crippen LogP contribution >= 0.6 is 11.3 Å². The minimum atomic E-state index is -0.575. The number of likely N-dealkylation sites (N-methyl/N-ethyl adjacent to an activating group) is 1. The zero-order valence-corrected chi connectivity index (χ0v) is 12.5. The van der Waals surface area contributed by atoms with Crippen molar-refractivity contribution < 1.29 is 14.6 Å². The van der Waals surface area contributed by atoms with Crippen LogP contribution in [0.4, 0.5) is 5.69 Å². The smallest absolute Gasteiger partial charge is 0.265 e. The third kappa shape index (κ3) is 2.57. The Kier molecular flexibility index (Phi) is 4.15. The fraction of sp³-hybridized carbons (Fsp3) is 0.357. The number of hydrogen-bond acceptors (Lipinski definition) is 5. The van der Waals surface area contributed by atoms with Gasteiger partial charge in [-0.2, -0.15) is 0 Å². The van der Waals surface area contributed by atoms with Gasteiger partial charge >= 0.3 is 0 Å². The van der Waals surface area contributed by atoms with Crippen LogP contribution in [0.1, 0.15) is 16.6 Å². The third-order valence-electron chi connectivity index (χ3n) is 3.01. The average Bonchev–Trinajstić information content (AvgIpc) is 2.74. The summed E-state index contributed by atoms with van der Waals surface area (Å²) in [6.45, 7) is 1.91. The molecule has 0 radical (unpaired) electrons. The van der Waals surface area contributed by atoms with Gasteiger partial charge in [0.15, 0.2) is 0 Å². The van der Waals surface area contributed by atoms with E-state index in [0.29, 0.717) is 16.3 Å². The number of nitrogen functional groups attached to an aromatic ring is 1. The van der Waals surface area contributed by atoms with E-state index >= 15 is 0 Å². The Labute approximate surface area is 121 Å². The molecule has 20 heavy (non-hydrogen) atoms. The van der Waals surface area contributed by atoms with Crippen molar-refractivity contribution in [1.29, 1.82) is 0 Å². The molecule has 1 aromatic heterocycles. The summed E-state index contributed by atoms with van der Waals surface area (Å²) in [5.41, 5.74) is 6.54. The number of nitrogens with zero attached hydrogens (tertiary/aromatic N) is 1. The number of benzene rings is 1. The maximum atomic E-state index is 12.4. The summed E-state index contributed by atoms with van der Waals surface area (Å²) in [5, 5.41) is 10.1. The monoisotopic (exact) mass is 294 g/mol. The molecular formula is C14H18N2O3S. The number of thiophene rings is 1. The Morgan fingerprint density at radius 3 is 2.85 bits per heavy atom. The highest BCUT2D eigenvalue weighted by Gasteiger charge is 2.22. The van der Waals surface area contributed by atoms with Crippen LogP contribution in [0, 0.1) is 0 Å². The van der Waals surface area contributed by atoms with Gasteiger partial charge in [0, 0.05) is 18.3 Å². The minimum Gasteiger partial charge on any atom is -0.496 e. The summed E-state index contributed by atoms with van der Waals surface area (Å²) in [4.78, 5) is 14.3. The van der Waals surface area contributed by atoms with Crippen LogP contribution in [-0.2, 0) is 0 Å². The third-order valence-corrected chi connectivity index (χ3v) is 4.17. The van der Waals surface area contributed by atoms with Gasteiger partial charge in [-0.25, -0.2) is 0 Å². The van der Waals surface area contributed by atoms with Gasteiger partial charge in [-0.15, -0.1) is 11.3 Å². The molecule has 2 aromatic rings. The van der Waals surface area contributed by atoms with Gasteiger partial charge in [0.05, 0.1) is 24.3 Å². The van der Waals surface area contributed by atoms with Crippen LogP contribution in [0.5, 0.6) is 5.75 Å². The van der Waals surface area contributed by atoms with E-state index in [4.69, 9.17) is 10.5 Å². The topological polar surface area (TPSA) is 75.8 Å². The number of amides is 1. The Hall–Kier alpha value is -1.79. The number of anilines is 1. The largest absolute Gasteiger partial charge is 0.496 e. The Balaban J connectivity index is 2.45. The maximum absolute atomic E-state index is 12.4. The lowest BCUT2D eigenvalue weighted by Crippen LogP contribution is -2.32. The first-order chi connectivity index (χ1) is 9.45. The molecule has 0 saturated heterocycles.